The van der Waals surface area contributed by atoms with Crippen molar-refractivity contribution in [1.82, 2.24) is 0 Å². The molecule has 4 rings (SSSR count). The van der Waals surface area contributed by atoms with Gasteiger partial charge < -0.3 is 15.9 Å². The molecule has 4 nitrogen and oxygen atoms in total. The Balaban J connectivity index is 0.000000459. The van der Waals surface area contributed by atoms with Crippen LogP contribution in [-0.4, -0.2) is 28.3 Å². The van der Waals surface area contributed by atoms with E-state index in [0.717, 1.165) is 18.3 Å². The van der Waals surface area contributed by atoms with Crippen LogP contribution in [0.4, 0.5) is 0 Å². The third-order valence-corrected chi connectivity index (χ3v) is 12.7. The minimum atomic E-state index is -0.931. The molecule has 0 bridgehead atoms. The number of carboxylic acid groups (broad SMARTS) is 1. The fourth-order valence-corrected chi connectivity index (χ4v) is 9.75. The molecule has 8 atom stereocenters. The predicted octanol–water partition coefficient (Wildman–Crippen LogP) is 8.53. The third-order valence-electron chi connectivity index (χ3n) is 12.7. The quantitative estimate of drug-likeness (QED) is 0.293. The van der Waals surface area contributed by atoms with Crippen molar-refractivity contribution < 1.29 is 15.0 Å². The van der Waals surface area contributed by atoms with Crippen molar-refractivity contribution in [1.29, 1.82) is 0 Å². The Morgan fingerprint density at radius 2 is 1.62 bits per heavy atom. The van der Waals surface area contributed by atoms with E-state index in [9.17, 15) is 9.90 Å². The number of fused-ring (bicyclic) bond motifs is 4. The minimum Gasteiger partial charge on any atom is -0.480 e. The maximum absolute atomic E-state index is 10.8. The fraction of sp³-hybridized carbons (Fsp3) is 0.857. The normalized spacial score (nSPS) is 38.5. The Morgan fingerprint density at radius 3 is 2.15 bits per heavy atom. The summed E-state index contributed by atoms with van der Waals surface area (Å²) in [5, 5.41) is 19.0. The first-order chi connectivity index (χ1) is 17.9. The highest BCUT2D eigenvalue weighted by Crippen LogP contribution is 2.72. The van der Waals surface area contributed by atoms with Crippen molar-refractivity contribution in [2.24, 2.45) is 51.1 Å². The van der Waals surface area contributed by atoms with Crippen molar-refractivity contribution in [3.05, 3.63) is 22.8 Å². The van der Waals surface area contributed by atoms with E-state index in [4.69, 9.17) is 10.8 Å². The monoisotopic (exact) mass is 543 g/mol. The molecule has 0 aromatic rings. The molecule has 39 heavy (non-hydrogen) atoms. The van der Waals surface area contributed by atoms with Gasteiger partial charge in [0.05, 0.1) is 6.10 Å². The van der Waals surface area contributed by atoms with Gasteiger partial charge in [-0.25, -0.2) is 0 Å². The van der Waals surface area contributed by atoms with E-state index in [0.29, 0.717) is 22.2 Å². The highest BCUT2D eigenvalue weighted by Gasteiger charge is 2.63. The van der Waals surface area contributed by atoms with Crippen LogP contribution >= 0.6 is 0 Å². The SMILES string of the molecule is CC(C)=CCC[C@@H](C)[C@H]1CC[C@@]2(C)C3=C(CC[C@]12C)[C@@]1(C)CC[C@H](O)C(C)(C)[C@@H]1CC3.CC(C)[C@H](N)C(=O)O. The smallest absolute Gasteiger partial charge is 0.320 e. The lowest BCUT2D eigenvalue weighted by molar-refractivity contribution is -0.139. The van der Waals surface area contributed by atoms with Gasteiger partial charge in [0.25, 0.3) is 0 Å². The van der Waals surface area contributed by atoms with Crippen molar-refractivity contribution in [3.8, 4) is 0 Å². The second kappa shape index (κ2) is 11.6. The number of carbonyl (C=O) groups is 1. The van der Waals surface area contributed by atoms with Gasteiger partial charge in [0.1, 0.15) is 6.04 Å². The molecule has 0 heterocycles. The molecule has 4 aliphatic rings. The summed E-state index contributed by atoms with van der Waals surface area (Å²) in [7, 11) is 0. The molecule has 2 fully saturated rings. The first-order valence-electron chi connectivity index (χ1n) is 16.0. The van der Waals surface area contributed by atoms with E-state index < -0.39 is 12.0 Å². The average Bonchev–Trinajstić information content (AvgIpc) is 3.12. The van der Waals surface area contributed by atoms with E-state index in [1.165, 1.54) is 63.4 Å². The van der Waals surface area contributed by atoms with E-state index in [1.54, 1.807) is 13.8 Å². The summed E-state index contributed by atoms with van der Waals surface area (Å²) in [5.41, 5.74) is 11.6. The Bertz CT molecular complexity index is 959. The lowest BCUT2D eigenvalue weighted by Crippen LogP contribution is -2.55. The molecule has 0 aliphatic heterocycles. The minimum absolute atomic E-state index is 0.0208. The molecule has 2 saturated carbocycles. The van der Waals surface area contributed by atoms with Crippen LogP contribution in [0, 0.1) is 45.3 Å². The Kier molecular flexibility index (Phi) is 9.66. The molecule has 0 amide bonds. The first-order valence-corrected chi connectivity index (χ1v) is 16.0. The van der Waals surface area contributed by atoms with Gasteiger partial charge in [-0.2, -0.15) is 0 Å². The molecule has 0 saturated heterocycles. The summed E-state index contributed by atoms with van der Waals surface area (Å²) >= 11 is 0. The van der Waals surface area contributed by atoms with Crippen LogP contribution in [0.5, 0.6) is 0 Å². The van der Waals surface area contributed by atoms with Gasteiger partial charge >= 0.3 is 5.97 Å². The standard InChI is InChI=1S/C30H50O.C5H11NO2/c1-20(2)10-9-11-21(3)22-14-18-30(8)24-12-13-25-27(4,5)26(31)16-17-28(25,6)23(24)15-19-29(22,30)7;1-3(2)4(6)5(7)8/h10,21-22,25-26,31H,9,11-19H2,1-8H3;3-4H,6H2,1-2H3,(H,7,8)/t21-,22-,25+,26+,28-,29-,30+;4-/m10/s1. The molecule has 0 aromatic carbocycles. The van der Waals surface area contributed by atoms with E-state index in [2.05, 4.69) is 61.5 Å². The van der Waals surface area contributed by atoms with E-state index in [1.807, 2.05) is 11.1 Å². The van der Waals surface area contributed by atoms with Crippen molar-refractivity contribution in [3.63, 3.8) is 0 Å². The van der Waals surface area contributed by atoms with Crippen LogP contribution in [0.1, 0.15) is 133 Å². The van der Waals surface area contributed by atoms with Crippen LogP contribution in [0.15, 0.2) is 22.8 Å². The number of nitrogens with two attached hydrogens (primary N) is 1. The van der Waals surface area contributed by atoms with Crippen LogP contribution in [0.3, 0.4) is 0 Å². The number of hydrogen-bond acceptors (Lipinski definition) is 3. The van der Waals surface area contributed by atoms with Gasteiger partial charge in [-0.05, 0) is 123 Å². The largest absolute Gasteiger partial charge is 0.480 e. The second-order valence-electron chi connectivity index (χ2n) is 15.7. The average molecular weight is 544 g/mol. The van der Waals surface area contributed by atoms with Crippen molar-refractivity contribution >= 4 is 5.97 Å². The Morgan fingerprint density at radius 1 is 0.974 bits per heavy atom. The molecule has 0 unspecified atom stereocenters. The lowest BCUT2D eigenvalue weighted by atomic mass is 9.43. The molecule has 4 N–H and O–H groups in total. The lowest BCUT2D eigenvalue weighted by Gasteiger charge is -2.62. The number of hydrogen-bond donors (Lipinski definition) is 3. The second-order valence-corrected chi connectivity index (χ2v) is 15.7. The highest BCUT2D eigenvalue weighted by molar-refractivity contribution is 5.73. The van der Waals surface area contributed by atoms with Gasteiger partial charge in [0.2, 0.25) is 0 Å². The zero-order valence-corrected chi connectivity index (χ0v) is 27.0. The van der Waals surface area contributed by atoms with Crippen molar-refractivity contribution in [2.45, 2.75) is 146 Å². The Hall–Kier alpha value is -1.13. The summed E-state index contributed by atoms with van der Waals surface area (Å²) in [6, 6.07) is -0.713. The number of allylic oxidation sites excluding steroid dienone is 4. The molecule has 0 spiro atoms. The van der Waals surface area contributed by atoms with E-state index in [-0.39, 0.29) is 17.4 Å². The van der Waals surface area contributed by atoms with Gasteiger partial charge in [0.15, 0.2) is 0 Å². The van der Waals surface area contributed by atoms with Gasteiger partial charge in [0, 0.05) is 0 Å². The molecule has 224 valence electrons. The summed E-state index contributed by atoms with van der Waals surface area (Å²) in [6.45, 7) is 23.2. The highest BCUT2D eigenvalue weighted by atomic mass is 16.4. The predicted molar refractivity (Wildman–Crippen MR) is 163 cm³/mol. The summed E-state index contributed by atoms with van der Waals surface area (Å²) < 4.78 is 0. The van der Waals surface area contributed by atoms with Gasteiger partial charge in [-0.1, -0.05) is 78.2 Å². The third kappa shape index (κ3) is 5.68. The molecular formula is C35H61NO3. The maximum atomic E-state index is 10.8. The number of carboxylic acids is 1. The summed E-state index contributed by atoms with van der Waals surface area (Å²) in [5.74, 6) is 1.41. The van der Waals surface area contributed by atoms with Crippen LogP contribution < -0.4 is 5.73 Å². The molecule has 0 radical (unpaired) electrons. The number of aliphatic hydroxyl groups is 1. The van der Waals surface area contributed by atoms with Crippen LogP contribution in [0.2, 0.25) is 0 Å². The molecule has 4 aliphatic carbocycles. The van der Waals surface area contributed by atoms with Gasteiger partial charge in [-0.15, -0.1) is 0 Å². The zero-order chi connectivity index (χ0) is 29.6. The first kappa shape index (κ1) is 32.4. The number of aliphatic hydroxyl groups excluding tert-OH is 1. The summed E-state index contributed by atoms with van der Waals surface area (Å²) in [4.78, 5) is 10.0. The molecule has 4 heteroatoms. The molecule has 0 aromatic heterocycles. The number of aliphatic carboxylic acids is 1. The number of rotatable bonds is 6. The van der Waals surface area contributed by atoms with Gasteiger partial charge in [-0.3, -0.25) is 4.79 Å². The van der Waals surface area contributed by atoms with E-state index >= 15 is 0 Å². The Labute approximate surface area is 240 Å². The maximum Gasteiger partial charge on any atom is 0.320 e. The van der Waals surface area contributed by atoms with Crippen molar-refractivity contribution in [2.75, 3.05) is 0 Å². The topological polar surface area (TPSA) is 83.5 Å². The molecular weight excluding hydrogens is 482 g/mol. The van der Waals surface area contributed by atoms with Crippen LogP contribution in [0.25, 0.3) is 0 Å². The summed E-state index contributed by atoms with van der Waals surface area (Å²) in [6.07, 6.45) is 15.2. The fourth-order valence-electron chi connectivity index (χ4n) is 9.75. The zero-order valence-electron chi connectivity index (χ0n) is 27.0. The van der Waals surface area contributed by atoms with Crippen LogP contribution in [-0.2, 0) is 4.79 Å².